The third-order valence-electron chi connectivity index (χ3n) is 7.37. The van der Waals surface area contributed by atoms with Crippen molar-refractivity contribution in [2.24, 2.45) is 0 Å². The maximum Gasteiger partial charge on any atom is 0.255 e. The van der Waals surface area contributed by atoms with Crippen molar-refractivity contribution in [1.29, 1.82) is 0 Å². The lowest BCUT2D eigenvalue weighted by Crippen LogP contribution is -2.49. The Morgan fingerprint density at radius 2 is 1.94 bits per heavy atom. The van der Waals surface area contributed by atoms with E-state index >= 15 is 0 Å². The zero-order valence-electron chi connectivity index (χ0n) is 20.4. The summed E-state index contributed by atoms with van der Waals surface area (Å²) in [6.45, 7) is 3.90. The van der Waals surface area contributed by atoms with Crippen LogP contribution in [0.3, 0.4) is 0 Å². The Balaban J connectivity index is 1.23. The predicted molar refractivity (Wildman–Crippen MR) is 132 cm³/mol. The van der Waals surface area contributed by atoms with E-state index in [1.807, 2.05) is 17.9 Å². The molecule has 36 heavy (non-hydrogen) atoms. The lowest BCUT2D eigenvalue weighted by Gasteiger charge is -2.34. The van der Waals surface area contributed by atoms with Gasteiger partial charge in [-0.1, -0.05) is 6.07 Å². The van der Waals surface area contributed by atoms with Gasteiger partial charge in [0.1, 0.15) is 11.5 Å². The number of morpholine rings is 1. The summed E-state index contributed by atoms with van der Waals surface area (Å²) in [5.41, 5.74) is 2.88. The van der Waals surface area contributed by atoms with Crippen LogP contribution in [0.2, 0.25) is 0 Å². The second-order valence-electron chi connectivity index (χ2n) is 9.70. The molecule has 9 nitrogen and oxygen atoms in total. The number of aliphatic hydroxyl groups is 1. The van der Waals surface area contributed by atoms with Crippen LogP contribution in [-0.2, 0) is 17.7 Å². The summed E-state index contributed by atoms with van der Waals surface area (Å²) in [5.74, 6) is 0.132. The average Bonchev–Trinajstić information content (AvgIpc) is 3.14. The lowest BCUT2D eigenvalue weighted by molar-refractivity contribution is -0.00717. The Bertz CT molecular complexity index is 1120. The minimum atomic E-state index is -0.802. The van der Waals surface area contributed by atoms with Crippen LogP contribution in [0.5, 0.6) is 11.5 Å². The molecule has 2 aromatic carbocycles. The third kappa shape index (κ3) is 4.91. The molecule has 4 N–H and O–H groups in total. The number of carbonyl (C=O) groups is 2. The Labute approximate surface area is 210 Å². The largest absolute Gasteiger partial charge is 0.508 e. The van der Waals surface area contributed by atoms with Gasteiger partial charge in [-0.05, 0) is 67.6 Å². The molecule has 2 bridgehead atoms. The van der Waals surface area contributed by atoms with Crippen LogP contribution < -0.4 is 15.4 Å². The number of phenols is 1. The van der Waals surface area contributed by atoms with Gasteiger partial charge in [0.2, 0.25) is 0 Å². The van der Waals surface area contributed by atoms with Crippen LogP contribution >= 0.6 is 0 Å². The fraction of sp³-hybridized carbons (Fsp3) is 0.481. The summed E-state index contributed by atoms with van der Waals surface area (Å²) in [6, 6.07) is 10.1. The molecule has 3 unspecified atom stereocenters. The number of aliphatic hydroxyl groups excluding tert-OH is 1. The fourth-order valence-corrected chi connectivity index (χ4v) is 5.46. The number of hydrogen-bond donors (Lipinski definition) is 4. The van der Waals surface area contributed by atoms with Crippen molar-refractivity contribution >= 4 is 11.8 Å². The summed E-state index contributed by atoms with van der Waals surface area (Å²) in [6.07, 6.45) is 1.68. The van der Waals surface area contributed by atoms with Gasteiger partial charge in [0.05, 0.1) is 43.6 Å². The lowest BCUT2D eigenvalue weighted by atomic mass is 9.92. The van der Waals surface area contributed by atoms with E-state index < -0.39 is 6.10 Å². The molecule has 2 fully saturated rings. The van der Waals surface area contributed by atoms with Gasteiger partial charge >= 0.3 is 0 Å². The molecule has 2 saturated heterocycles. The number of carbonyl (C=O) groups excluding carboxylic acids is 2. The van der Waals surface area contributed by atoms with E-state index in [4.69, 9.17) is 9.47 Å². The molecule has 0 aliphatic carbocycles. The van der Waals surface area contributed by atoms with E-state index in [1.165, 1.54) is 0 Å². The number of aromatic hydroxyl groups is 1. The molecule has 5 rings (SSSR count). The highest BCUT2D eigenvalue weighted by Crippen LogP contribution is 2.31. The molecule has 0 spiro atoms. The van der Waals surface area contributed by atoms with Gasteiger partial charge in [-0.3, -0.25) is 9.59 Å². The highest BCUT2D eigenvalue weighted by molar-refractivity contribution is 6.00. The molecule has 192 valence electrons. The molecule has 3 aliphatic heterocycles. The summed E-state index contributed by atoms with van der Waals surface area (Å²) < 4.78 is 11.3. The van der Waals surface area contributed by atoms with E-state index in [0.29, 0.717) is 49.7 Å². The molecule has 2 amide bonds. The molecule has 0 saturated carbocycles. The molecular formula is C27H33N3O6. The van der Waals surface area contributed by atoms with E-state index in [1.54, 1.807) is 30.3 Å². The standard InChI is InChI=1S/C27H33N3O6/c1-2-36-25-11-17(27(34)30-19-5-6-20(30)15-35-14-19)4-8-22(25)26(33)29-13-24(32)23-10-16-3-7-21(31)9-18(16)12-28-23/h3-4,7-9,11,19-20,23-24,28,31-32H,2,5-6,10,12-15H2,1H3,(H,29,33)/t19?,20?,23-,24?/m0/s1. The number of rotatable bonds is 7. The van der Waals surface area contributed by atoms with Crippen molar-refractivity contribution in [3.63, 3.8) is 0 Å². The predicted octanol–water partition coefficient (Wildman–Crippen LogP) is 1.60. The second kappa shape index (κ2) is 10.5. The zero-order valence-corrected chi connectivity index (χ0v) is 20.4. The molecule has 3 heterocycles. The van der Waals surface area contributed by atoms with Gasteiger partial charge in [0.25, 0.3) is 11.8 Å². The van der Waals surface area contributed by atoms with Gasteiger partial charge in [0, 0.05) is 24.7 Å². The number of nitrogens with one attached hydrogen (secondary N) is 2. The number of hydrogen-bond acceptors (Lipinski definition) is 7. The highest BCUT2D eigenvalue weighted by atomic mass is 16.5. The van der Waals surface area contributed by atoms with Crippen LogP contribution in [0, 0.1) is 0 Å². The first-order valence-corrected chi connectivity index (χ1v) is 12.6. The molecule has 0 aromatic heterocycles. The summed E-state index contributed by atoms with van der Waals surface area (Å²) in [4.78, 5) is 28.2. The van der Waals surface area contributed by atoms with E-state index in [2.05, 4.69) is 10.6 Å². The first kappa shape index (κ1) is 24.5. The zero-order chi connectivity index (χ0) is 25.2. The maximum absolute atomic E-state index is 13.3. The van der Waals surface area contributed by atoms with Gasteiger partial charge < -0.3 is 35.2 Å². The summed E-state index contributed by atoms with van der Waals surface area (Å²) in [5, 5.41) is 26.5. The monoisotopic (exact) mass is 495 g/mol. The number of amides is 2. The molecule has 3 aliphatic rings. The molecular weight excluding hydrogens is 462 g/mol. The van der Waals surface area contributed by atoms with Crippen molar-refractivity contribution in [3.05, 3.63) is 58.7 Å². The highest BCUT2D eigenvalue weighted by Gasteiger charge is 2.40. The van der Waals surface area contributed by atoms with E-state index in [0.717, 1.165) is 24.0 Å². The van der Waals surface area contributed by atoms with E-state index in [9.17, 15) is 19.8 Å². The van der Waals surface area contributed by atoms with Crippen molar-refractivity contribution < 1.29 is 29.3 Å². The van der Waals surface area contributed by atoms with Gasteiger partial charge in [0.15, 0.2) is 0 Å². The quantitative estimate of drug-likeness (QED) is 0.461. The minimum Gasteiger partial charge on any atom is -0.508 e. The third-order valence-corrected chi connectivity index (χ3v) is 7.37. The first-order chi connectivity index (χ1) is 17.4. The SMILES string of the molecule is CCOc1cc(C(=O)N2C3CCC2COC3)ccc1C(=O)NCC(O)[C@@H]1Cc2ccc(O)cc2CN1. The fourth-order valence-electron chi connectivity index (χ4n) is 5.46. The van der Waals surface area contributed by atoms with E-state index in [-0.39, 0.29) is 42.2 Å². The van der Waals surface area contributed by atoms with Crippen molar-refractivity contribution in [3.8, 4) is 11.5 Å². The second-order valence-corrected chi connectivity index (χ2v) is 9.70. The number of nitrogens with zero attached hydrogens (tertiary/aromatic N) is 1. The Morgan fingerprint density at radius 3 is 2.69 bits per heavy atom. The van der Waals surface area contributed by atoms with Crippen molar-refractivity contribution in [1.82, 2.24) is 15.5 Å². The molecule has 2 aromatic rings. The van der Waals surface area contributed by atoms with Gasteiger partial charge in [-0.25, -0.2) is 0 Å². The van der Waals surface area contributed by atoms with Crippen molar-refractivity contribution in [2.75, 3.05) is 26.4 Å². The first-order valence-electron chi connectivity index (χ1n) is 12.6. The van der Waals surface area contributed by atoms with Gasteiger partial charge in [-0.15, -0.1) is 0 Å². The number of ether oxygens (including phenoxy) is 2. The molecule has 4 atom stereocenters. The smallest absolute Gasteiger partial charge is 0.255 e. The topological polar surface area (TPSA) is 120 Å². The Hall–Kier alpha value is -3.14. The summed E-state index contributed by atoms with van der Waals surface area (Å²) in [7, 11) is 0. The normalized spacial score (nSPS) is 23.6. The average molecular weight is 496 g/mol. The Kier molecular flexibility index (Phi) is 7.13. The number of benzene rings is 2. The van der Waals surface area contributed by atoms with Crippen LogP contribution in [0.4, 0.5) is 0 Å². The molecule has 0 radical (unpaired) electrons. The molecule has 9 heteroatoms. The van der Waals surface area contributed by atoms with Crippen LogP contribution in [0.25, 0.3) is 0 Å². The Morgan fingerprint density at radius 1 is 1.17 bits per heavy atom. The maximum atomic E-state index is 13.3. The van der Waals surface area contributed by atoms with Crippen LogP contribution in [0.1, 0.15) is 51.6 Å². The van der Waals surface area contributed by atoms with Gasteiger partial charge in [-0.2, -0.15) is 0 Å². The minimum absolute atomic E-state index is 0.0628. The number of fused-ring (bicyclic) bond motifs is 3. The van der Waals surface area contributed by atoms with Crippen molar-refractivity contribution in [2.45, 2.75) is 57.0 Å². The van der Waals surface area contributed by atoms with Crippen LogP contribution in [0.15, 0.2) is 36.4 Å². The summed E-state index contributed by atoms with van der Waals surface area (Å²) >= 11 is 0. The number of phenolic OH excluding ortho intramolecular Hbond substituents is 1. The van der Waals surface area contributed by atoms with Crippen LogP contribution in [-0.4, -0.2) is 77.5 Å².